The lowest BCUT2D eigenvalue weighted by molar-refractivity contribution is 0.0908. The van der Waals surface area contributed by atoms with Gasteiger partial charge in [0.15, 0.2) is 5.78 Å². The Hall–Kier alpha value is -1.15. The van der Waals surface area contributed by atoms with E-state index in [1.807, 2.05) is 37.3 Å². The zero-order chi connectivity index (χ0) is 11.3. The van der Waals surface area contributed by atoms with Crippen LogP contribution in [0.25, 0.3) is 0 Å². The van der Waals surface area contributed by atoms with Crippen molar-refractivity contribution in [1.29, 1.82) is 0 Å². The average Bonchev–Trinajstić information content (AvgIpc) is 2.26. The highest BCUT2D eigenvalue weighted by molar-refractivity contribution is 5.97. The fraction of sp³-hybridized carbons (Fsp3) is 0.462. The van der Waals surface area contributed by atoms with Crippen LogP contribution < -0.4 is 0 Å². The topological polar surface area (TPSA) is 37.3 Å². The molecule has 0 aliphatic rings. The Morgan fingerprint density at radius 3 is 2.33 bits per heavy atom. The van der Waals surface area contributed by atoms with Gasteiger partial charge in [0.05, 0.1) is 6.10 Å². The van der Waals surface area contributed by atoms with E-state index in [2.05, 4.69) is 0 Å². The normalized spacial score (nSPS) is 14.6. The molecule has 15 heavy (non-hydrogen) atoms. The third kappa shape index (κ3) is 3.84. The minimum absolute atomic E-state index is 0.0120. The summed E-state index contributed by atoms with van der Waals surface area (Å²) in [6.45, 7) is 3.66. The maximum atomic E-state index is 11.9. The summed E-state index contributed by atoms with van der Waals surface area (Å²) in [6.07, 6.45) is 1.10. The second-order valence-corrected chi connectivity index (χ2v) is 4.06. The van der Waals surface area contributed by atoms with Crippen molar-refractivity contribution in [2.75, 3.05) is 0 Å². The maximum Gasteiger partial charge on any atom is 0.165 e. The number of hydrogen-bond acceptors (Lipinski definition) is 2. The summed E-state index contributed by atoms with van der Waals surface area (Å²) >= 11 is 0. The molecule has 2 nitrogen and oxygen atoms in total. The number of ketones is 1. The molecule has 1 N–H and O–H groups in total. The Bertz CT molecular complexity index is 304. The van der Waals surface area contributed by atoms with E-state index in [-0.39, 0.29) is 17.8 Å². The monoisotopic (exact) mass is 206 g/mol. The van der Waals surface area contributed by atoms with Gasteiger partial charge in [-0.25, -0.2) is 0 Å². The summed E-state index contributed by atoms with van der Waals surface area (Å²) in [5, 5.41) is 9.14. The summed E-state index contributed by atoms with van der Waals surface area (Å²) in [7, 11) is 0. The average molecular weight is 206 g/mol. The predicted octanol–water partition coefficient (Wildman–Crippen LogP) is 2.67. The molecule has 0 amide bonds. The third-order valence-corrected chi connectivity index (χ3v) is 2.52. The molecule has 1 aromatic rings. The number of benzene rings is 1. The van der Waals surface area contributed by atoms with Crippen molar-refractivity contribution < 1.29 is 9.90 Å². The van der Waals surface area contributed by atoms with Gasteiger partial charge in [-0.1, -0.05) is 37.3 Å². The number of carbonyl (C=O) groups is 1. The maximum absolute atomic E-state index is 11.9. The second-order valence-electron chi connectivity index (χ2n) is 4.06. The summed E-state index contributed by atoms with van der Waals surface area (Å²) in [6, 6.07) is 9.31. The van der Waals surface area contributed by atoms with Crippen LogP contribution in [0.2, 0.25) is 0 Å². The molecule has 0 radical (unpaired) electrons. The van der Waals surface area contributed by atoms with Crippen LogP contribution >= 0.6 is 0 Å². The number of rotatable bonds is 5. The van der Waals surface area contributed by atoms with Gasteiger partial charge in [-0.3, -0.25) is 4.79 Å². The van der Waals surface area contributed by atoms with Crippen molar-refractivity contribution >= 4 is 5.78 Å². The van der Waals surface area contributed by atoms with Crippen molar-refractivity contribution in [3.8, 4) is 0 Å². The Morgan fingerprint density at radius 2 is 1.80 bits per heavy atom. The van der Waals surface area contributed by atoms with Crippen LogP contribution in [0.4, 0.5) is 0 Å². The summed E-state index contributed by atoms with van der Waals surface area (Å²) in [5.74, 6) is 0.151. The Labute approximate surface area is 90.9 Å². The van der Waals surface area contributed by atoms with Gasteiger partial charge in [-0.2, -0.15) is 0 Å². The number of aliphatic hydroxyl groups is 1. The van der Waals surface area contributed by atoms with E-state index in [0.29, 0.717) is 6.42 Å². The predicted molar refractivity (Wildman–Crippen MR) is 60.9 cm³/mol. The van der Waals surface area contributed by atoms with Crippen LogP contribution in [-0.2, 0) is 0 Å². The Kier molecular flexibility index (Phi) is 4.50. The van der Waals surface area contributed by atoms with E-state index in [9.17, 15) is 4.79 Å². The van der Waals surface area contributed by atoms with Crippen LogP contribution in [-0.4, -0.2) is 17.0 Å². The van der Waals surface area contributed by atoms with Crippen LogP contribution in [0.1, 0.15) is 37.0 Å². The van der Waals surface area contributed by atoms with Gasteiger partial charge < -0.3 is 5.11 Å². The molecule has 0 aromatic heterocycles. The van der Waals surface area contributed by atoms with Crippen molar-refractivity contribution in [1.82, 2.24) is 0 Å². The summed E-state index contributed by atoms with van der Waals surface area (Å²) in [5.41, 5.74) is 0.760. The first-order chi connectivity index (χ1) is 7.11. The molecule has 0 fully saturated rings. The fourth-order valence-electron chi connectivity index (χ4n) is 1.51. The Morgan fingerprint density at radius 1 is 1.20 bits per heavy atom. The molecule has 2 unspecified atom stereocenters. The number of aliphatic hydroxyl groups excluding tert-OH is 1. The van der Waals surface area contributed by atoms with Gasteiger partial charge in [0, 0.05) is 11.5 Å². The fourth-order valence-corrected chi connectivity index (χ4v) is 1.51. The number of hydrogen-bond donors (Lipinski definition) is 1. The summed E-state index contributed by atoms with van der Waals surface area (Å²) < 4.78 is 0. The smallest absolute Gasteiger partial charge is 0.165 e. The molecule has 0 aliphatic carbocycles. The van der Waals surface area contributed by atoms with Gasteiger partial charge in [0.2, 0.25) is 0 Å². The van der Waals surface area contributed by atoms with Gasteiger partial charge in [-0.15, -0.1) is 0 Å². The molecule has 1 aromatic carbocycles. The molecule has 2 atom stereocenters. The SMILES string of the molecule is CC(O)CCC(C)C(=O)c1ccccc1. The molecule has 1 rings (SSSR count). The second kappa shape index (κ2) is 5.66. The molecule has 0 saturated carbocycles. The van der Waals surface area contributed by atoms with Crippen molar-refractivity contribution in [3.05, 3.63) is 35.9 Å². The van der Waals surface area contributed by atoms with Gasteiger partial charge in [0.25, 0.3) is 0 Å². The zero-order valence-electron chi connectivity index (χ0n) is 9.31. The molecular formula is C13H18O2. The van der Waals surface area contributed by atoms with E-state index in [1.165, 1.54) is 0 Å². The van der Waals surface area contributed by atoms with Crippen molar-refractivity contribution in [2.45, 2.75) is 32.8 Å². The largest absolute Gasteiger partial charge is 0.393 e. The van der Waals surface area contributed by atoms with Gasteiger partial charge in [0.1, 0.15) is 0 Å². The van der Waals surface area contributed by atoms with E-state index in [0.717, 1.165) is 12.0 Å². The lowest BCUT2D eigenvalue weighted by Crippen LogP contribution is -2.13. The Balaban J connectivity index is 2.54. The lowest BCUT2D eigenvalue weighted by Gasteiger charge is -2.11. The van der Waals surface area contributed by atoms with Crippen LogP contribution in [0.5, 0.6) is 0 Å². The number of carbonyl (C=O) groups excluding carboxylic acids is 1. The highest BCUT2D eigenvalue weighted by Gasteiger charge is 2.14. The molecular weight excluding hydrogens is 188 g/mol. The molecule has 82 valence electrons. The van der Waals surface area contributed by atoms with E-state index in [4.69, 9.17) is 5.11 Å². The van der Waals surface area contributed by atoms with Crippen molar-refractivity contribution in [3.63, 3.8) is 0 Å². The zero-order valence-corrected chi connectivity index (χ0v) is 9.31. The highest BCUT2D eigenvalue weighted by atomic mass is 16.3. The number of Topliss-reactive ketones (excluding diaryl/α,β-unsaturated/α-hetero) is 1. The first kappa shape index (κ1) is 11.9. The minimum atomic E-state index is -0.323. The molecule has 0 bridgehead atoms. The van der Waals surface area contributed by atoms with E-state index >= 15 is 0 Å². The van der Waals surface area contributed by atoms with E-state index < -0.39 is 0 Å². The van der Waals surface area contributed by atoms with Crippen LogP contribution in [0, 0.1) is 5.92 Å². The molecule has 2 heteroatoms. The minimum Gasteiger partial charge on any atom is -0.393 e. The van der Waals surface area contributed by atoms with Gasteiger partial charge >= 0.3 is 0 Å². The highest BCUT2D eigenvalue weighted by Crippen LogP contribution is 2.14. The molecule has 0 heterocycles. The van der Waals surface area contributed by atoms with Crippen LogP contribution in [0.15, 0.2) is 30.3 Å². The van der Waals surface area contributed by atoms with E-state index in [1.54, 1.807) is 6.92 Å². The molecule has 0 aliphatic heterocycles. The first-order valence-electron chi connectivity index (χ1n) is 5.38. The summed E-state index contributed by atoms with van der Waals surface area (Å²) in [4.78, 5) is 11.9. The quantitative estimate of drug-likeness (QED) is 0.752. The first-order valence-corrected chi connectivity index (χ1v) is 5.38. The lowest BCUT2D eigenvalue weighted by atomic mass is 9.94. The standard InChI is InChI=1S/C13H18O2/c1-10(8-9-11(2)14)13(15)12-6-4-3-5-7-12/h3-7,10-11,14H,8-9H2,1-2H3. The molecule has 0 saturated heterocycles. The molecule has 0 spiro atoms. The van der Waals surface area contributed by atoms with Crippen LogP contribution in [0.3, 0.4) is 0 Å². The van der Waals surface area contributed by atoms with Crippen molar-refractivity contribution in [2.24, 2.45) is 5.92 Å². The van der Waals surface area contributed by atoms with Gasteiger partial charge in [-0.05, 0) is 19.8 Å². The third-order valence-electron chi connectivity index (χ3n) is 2.52.